The van der Waals surface area contributed by atoms with Gasteiger partial charge < -0.3 is 9.32 Å². The number of hydrogen-bond acceptors (Lipinski definition) is 6. The standard InChI is InChI=1S/C19H21N5O/c1-13-8-14(2)12-24(11-13)19-22-9-15(16-10-20-5-6-21-16)18(23-19)17-4-3-7-25-17/h3-7,9-10,13-14H,8,11-12H2,1-2H3/t13-,14-/m1/s1. The van der Waals surface area contributed by atoms with E-state index in [0.29, 0.717) is 17.6 Å². The highest BCUT2D eigenvalue weighted by Crippen LogP contribution is 2.31. The molecule has 3 aromatic rings. The van der Waals surface area contributed by atoms with Crippen molar-refractivity contribution >= 4 is 5.95 Å². The highest BCUT2D eigenvalue weighted by molar-refractivity contribution is 5.76. The van der Waals surface area contributed by atoms with Crippen molar-refractivity contribution in [3.05, 3.63) is 43.2 Å². The van der Waals surface area contributed by atoms with Gasteiger partial charge in [0.05, 0.1) is 18.2 Å². The highest BCUT2D eigenvalue weighted by Gasteiger charge is 2.25. The van der Waals surface area contributed by atoms with Gasteiger partial charge in [-0.15, -0.1) is 0 Å². The maximum atomic E-state index is 5.61. The van der Waals surface area contributed by atoms with Crippen molar-refractivity contribution in [2.75, 3.05) is 18.0 Å². The van der Waals surface area contributed by atoms with Crippen molar-refractivity contribution in [3.63, 3.8) is 0 Å². The Balaban J connectivity index is 1.78. The second-order valence-electron chi connectivity index (χ2n) is 6.85. The Hall–Kier alpha value is -2.76. The van der Waals surface area contributed by atoms with Gasteiger partial charge in [0.1, 0.15) is 5.69 Å². The SMILES string of the molecule is C[C@@H]1C[C@@H](C)CN(c2ncc(-c3cnccn3)c(-c3ccco3)n2)C1. The smallest absolute Gasteiger partial charge is 0.226 e. The number of hydrogen-bond donors (Lipinski definition) is 0. The summed E-state index contributed by atoms with van der Waals surface area (Å²) >= 11 is 0. The second-order valence-corrected chi connectivity index (χ2v) is 6.85. The molecule has 0 N–H and O–H groups in total. The predicted molar refractivity (Wildman–Crippen MR) is 95.9 cm³/mol. The number of anilines is 1. The van der Waals surface area contributed by atoms with Crippen LogP contribution in [0.25, 0.3) is 22.7 Å². The first-order valence-electron chi connectivity index (χ1n) is 8.63. The molecule has 0 unspecified atom stereocenters. The maximum absolute atomic E-state index is 5.61. The van der Waals surface area contributed by atoms with Gasteiger partial charge in [0.25, 0.3) is 0 Å². The molecule has 1 saturated heterocycles. The van der Waals surface area contributed by atoms with Crippen LogP contribution in [0, 0.1) is 11.8 Å². The minimum atomic E-state index is 0.638. The summed E-state index contributed by atoms with van der Waals surface area (Å²) in [6.45, 7) is 6.52. The summed E-state index contributed by atoms with van der Waals surface area (Å²) < 4.78 is 5.61. The average molecular weight is 335 g/mol. The maximum Gasteiger partial charge on any atom is 0.226 e. The van der Waals surface area contributed by atoms with Crippen LogP contribution >= 0.6 is 0 Å². The molecular formula is C19H21N5O. The summed E-state index contributed by atoms with van der Waals surface area (Å²) in [5, 5.41) is 0. The fourth-order valence-corrected chi connectivity index (χ4v) is 3.58. The van der Waals surface area contributed by atoms with E-state index in [2.05, 4.69) is 33.7 Å². The fourth-order valence-electron chi connectivity index (χ4n) is 3.58. The first-order valence-corrected chi connectivity index (χ1v) is 8.63. The molecule has 0 amide bonds. The molecular weight excluding hydrogens is 314 g/mol. The predicted octanol–water partition coefficient (Wildman–Crippen LogP) is 3.68. The van der Waals surface area contributed by atoms with Crippen LogP contribution in [0.5, 0.6) is 0 Å². The quantitative estimate of drug-likeness (QED) is 0.727. The van der Waals surface area contributed by atoms with Crippen molar-refractivity contribution < 1.29 is 4.42 Å². The monoisotopic (exact) mass is 335 g/mol. The third kappa shape index (κ3) is 3.24. The van der Waals surface area contributed by atoms with E-state index >= 15 is 0 Å². The van der Waals surface area contributed by atoms with Gasteiger partial charge in [-0.25, -0.2) is 9.97 Å². The molecule has 128 valence electrons. The van der Waals surface area contributed by atoms with E-state index in [4.69, 9.17) is 9.40 Å². The molecule has 6 heteroatoms. The molecule has 1 aliphatic heterocycles. The minimum Gasteiger partial charge on any atom is -0.463 e. The fraction of sp³-hybridized carbons (Fsp3) is 0.368. The van der Waals surface area contributed by atoms with Gasteiger partial charge in [-0.3, -0.25) is 9.97 Å². The van der Waals surface area contributed by atoms with Crippen molar-refractivity contribution in [3.8, 4) is 22.7 Å². The van der Waals surface area contributed by atoms with E-state index in [9.17, 15) is 0 Å². The molecule has 0 aliphatic carbocycles. The van der Waals surface area contributed by atoms with E-state index in [1.54, 1.807) is 24.9 Å². The molecule has 0 aromatic carbocycles. The molecule has 6 nitrogen and oxygen atoms in total. The molecule has 4 rings (SSSR count). The average Bonchev–Trinajstić information content (AvgIpc) is 3.16. The summed E-state index contributed by atoms with van der Waals surface area (Å²) in [6.07, 6.45) is 9.77. The molecule has 3 aromatic heterocycles. The Bertz CT molecular complexity index is 824. The lowest BCUT2D eigenvalue weighted by molar-refractivity contribution is 0.353. The molecule has 2 atom stereocenters. The van der Waals surface area contributed by atoms with Crippen LogP contribution in [0.1, 0.15) is 20.3 Å². The third-order valence-electron chi connectivity index (χ3n) is 4.52. The first kappa shape index (κ1) is 15.7. The lowest BCUT2D eigenvalue weighted by atomic mass is 9.92. The van der Waals surface area contributed by atoms with E-state index in [-0.39, 0.29) is 0 Å². The lowest BCUT2D eigenvalue weighted by Crippen LogP contribution is -2.39. The van der Waals surface area contributed by atoms with Crippen LogP contribution in [0.2, 0.25) is 0 Å². The summed E-state index contributed by atoms with van der Waals surface area (Å²) in [4.78, 5) is 20.3. The van der Waals surface area contributed by atoms with Crippen LogP contribution in [0.15, 0.2) is 47.6 Å². The van der Waals surface area contributed by atoms with Crippen molar-refractivity contribution in [1.29, 1.82) is 0 Å². The van der Waals surface area contributed by atoms with Crippen LogP contribution in [0.3, 0.4) is 0 Å². The zero-order valence-corrected chi connectivity index (χ0v) is 14.5. The number of nitrogens with zero attached hydrogens (tertiary/aromatic N) is 5. The van der Waals surface area contributed by atoms with Crippen LogP contribution < -0.4 is 4.90 Å². The van der Waals surface area contributed by atoms with Gasteiger partial charge >= 0.3 is 0 Å². The molecule has 0 radical (unpaired) electrons. The molecule has 25 heavy (non-hydrogen) atoms. The Labute approximate surface area is 147 Å². The van der Waals surface area contributed by atoms with E-state index in [1.165, 1.54) is 6.42 Å². The summed E-state index contributed by atoms with van der Waals surface area (Å²) in [7, 11) is 0. The number of piperidine rings is 1. The van der Waals surface area contributed by atoms with Crippen LogP contribution in [0.4, 0.5) is 5.95 Å². The largest absolute Gasteiger partial charge is 0.463 e. The van der Waals surface area contributed by atoms with E-state index < -0.39 is 0 Å². The third-order valence-corrected chi connectivity index (χ3v) is 4.52. The molecule has 1 aliphatic rings. The molecule has 0 spiro atoms. The van der Waals surface area contributed by atoms with Gasteiger partial charge in [0, 0.05) is 37.2 Å². The lowest BCUT2D eigenvalue weighted by Gasteiger charge is -2.35. The van der Waals surface area contributed by atoms with Gasteiger partial charge in [0.2, 0.25) is 5.95 Å². The normalized spacial score (nSPS) is 20.6. The van der Waals surface area contributed by atoms with Crippen LogP contribution in [-0.4, -0.2) is 33.0 Å². The van der Waals surface area contributed by atoms with Gasteiger partial charge in [0.15, 0.2) is 5.76 Å². The van der Waals surface area contributed by atoms with Crippen LogP contribution in [-0.2, 0) is 0 Å². The van der Waals surface area contributed by atoms with Crippen molar-refractivity contribution in [2.24, 2.45) is 11.8 Å². The van der Waals surface area contributed by atoms with E-state index in [1.807, 2.05) is 18.3 Å². The summed E-state index contributed by atoms with van der Waals surface area (Å²) in [5.41, 5.74) is 2.31. The Morgan fingerprint density at radius 2 is 1.92 bits per heavy atom. The number of aromatic nitrogens is 4. The van der Waals surface area contributed by atoms with E-state index in [0.717, 1.165) is 36.0 Å². The highest BCUT2D eigenvalue weighted by atomic mass is 16.3. The molecule has 1 fully saturated rings. The summed E-state index contributed by atoms with van der Waals surface area (Å²) in [5.74, 6) is 2.73. The van der Waals surface area contributed by atoms with Crippen molar-refractivity contribution in [1.82, 2.24) is 19.9 Å². The number of rotatable bonds is 3. The molecule has 0 bridgehead atoms. The van der Waals surface area contributed by atoms with Crippen molar-refractivity contribution in [2.45, 2.75) is 20.3 Å². The Morgan fingerprint density at radius 3 is 2.60 bits per heavy atom. The Morgan fingerprint density at radius 1 is 1.08 bits per heavy atom. The second kappa shape index (κ2) is 6.63. The van der Waals surface area contributed by atoms with Gasteiger partial charge in [-0.1, -0.05) is 13.8 Å². The first-order chi connectivity index (χ1) is 12.2. The number of furan rings is 1. The van der Waals surface area contributed by atoms with Gasteiger partial charge in [-0.2, -0.15) is 0 Å². The topological polar surface area (TPSA) is 67.9 Å². The molecule has 4 heterocycles. The zero-order valence-electron chi connectivity index (χ0n) is 14.5. The van der Waals surface area contributed by atoms with Gasteiger partial charge in [-0.05, 0) is 30.4 Å². The minimum absolute atomic E-state index is 0.638. The zero-order chi connectivity index (χ0) is 17.2. The summed E-state index contributed by atoms with van der Waals surface area (Å²) in [6, 6.07) is 3.77. The Kier molecular flexibility index (Phi) is 4.17. The molecule has 0 saturated carbocycles.